The number of aliphatic imine (C=N–C) groups is 1. The molecule has 0 amide bonds. The number of hydrogen-bond acceptors (Lipinski definition) is 5. The van der Waals surface area contributed by atoms with Gasteiger partial charge >= 0.3 is 0 Å². The first-order valence-electron chi connectivity index (χ1n) is 10.7. The van der Waals surface area contributed by atoms with Crippen LogP contribution in [-0.2, 0) is 11.3 Å². The van der Waals surface area contributed by atoms with E-state index in [1.165, 1.54) is 0 Å². The van der Waals surface area contributed by atoms with Crippen molar-refractivity contribution in [2.24, 2.45) is 4.99 Å². The molecule has 3 aromatic carbocycles. The second-order valence-corrected chi connectivity index (χ2v) is 9.03. The van der Waals surface area contributed by atoms with Crippen molar-refractivity contribution in [1.29, 1.82) is 0 Å². The molecule has 2 heterocycles. The minimum Gasteiger partial charge on any atom is -0.487 e. The summed E-state index contributed by atoms with van der Waals surface area (Å²) in [5, 5.41) is 0.672. The summed E-state index contributed by atoms with van der Waals surface area (Å²) in [5.41, 5.74) is 6.32. The van der Waals surface area contributed by atoms with Crippen LogP contribution in [0.1, 0.15) is 22.3 Å². The molecule has 0 spiro atoms. The number of rotatable bonds is 7. The van der Waals surface area contributed by atoms with E-state index in [2.05, 4.69) is 52.4 Å². The van der Waals surface area contributed by atoms with E-state index in [9.17, 15) is 0 Å². The lowest BCUT2D eigenvalue weighted by atomic mass is 10.1. The molecule has 0 saturated heterocycles. The Morgan fingerprint density at radius 3 is 2.62 bits per heavy atom. The molecule has 6 heteroatoms. The summed E-state index contributed by atoms with van der Waals surface area (Å²) >= 11 is 7.70. The van der Waals surface area contributed by atoms with Crippen molar-refractivity contribution in [2.45, 2.75) is 6.61 Å². The van der Waals surface area contributed by atoms with Gasteiger partial charge in [0.15, 0.2) is 0 Å². The third kappa shape index (κ3) is 4.81. The number of ether oxygens (including phenoxy) is 1. The van der Waals surface area contributed by atoms with Crippen LogP contribution in [0.2, 0.25) is 5.02 Å². The van der Waals surface area contributed by atoms with Crippen molar-refractivity contribution < 1.29 is 9.15 Å². The fourth-order valence-corrected chi connectivity index (χ4v) is 4.87. The summed E-state index contributed by atoms with van der Waals surface area (Å²) < 4.78 is 13.7. The molecule has 0 fully saturated rings. The predicted molar refractivity (Wildman–Crippen MR) is 143 cm³/mol. The monoisotopic (exact) mass is 484 g/mol. The van der Waals surface area contributed by atoms with Crippen LogP contribution in [0.25, 0.3) is 16.7 Å². The molecule has 1 aromatic heterocycles. The third-order valence-corrected chi connectivity index (χ3v) is 6.71. The lowest BCUT2D eigenvalue weighted by Gasteiger charge is -2.30. The molecule has 0 aliphatic carbocycles. The van der Waals surface area contributed by atoms with Crippen molar-refractivity contribution >= 4 is 58.4 Å². The molecule has 168 valence electrons. The van der Waals surface area contributed by atoms with Crippen molar-refractivity contribution in [3.8, 4) is 0 Å². The molecular weight excluding hydrogens is 464 g/mol. The lowest BCUT2D eigenvalue weighted by Crippen LogP contribution is -2.12. The van der Waals surface area contributed by atoms with Gasteiger partial charge in [0.1, 0.15) is 12.4 Å². The van der Waals surface area contributed by atoms with Crippen molar-refractivity contribution in [1.82, 2.24) is 0 Å². The van der Waals surface area contributed by atoms with Gasteiger partial charge in [0.25, 0.3) is 0 Å². The fraction of sp³-hybridized carbons (Fsp3) is 0.0357. The van der Waals surface area contributed by atoms with Crippen LogP contribution in [0.4, 0.5) is 11.4 Å². The molecule has 0 N–H and O–H groups in total. The highest BCUT2D eigenvalue weighted by molar-refractivity contribution is 8.10. The molecule has 4 nitrogen and oxygen atoms in total. The Morgan fingerprint density at radius 2 is 1.88 bits per heavy atom. The maximum atomic E-state index is 6.13. The molecule has 34 heavy (non-hydrogen) atoms. The molecule has 0 radical (unpaired) electrons. The first-order chi connectivity index (χ1) is 16.7. The van der Waals surface area contributed by atoms with Gasteiger partial charge in [-0.25, -0.2) is 0 Å². The van der Waals surface area contributed by atoms with Gasteiger partial charge in [-0.05, 0) is 84.9 Å². The van der Waals surface area contributed by atoms with Crippen LogP contribution in [0.3, 0.4) is 0 Å². The number of hydrogen-bond donors (Lipinski definition) is 0. The van der Waals surface area contributed by atoms with E-state index < -0.39 is 0 Å². The SMILES string of the molecule is C=N/C=C(\OCc1ccc2c(c1)C=C(c1ccoc1)SN2c1ccccc1)c1ccc(Cl)cc1. The summed E-state index contributed by atoms with van der Waals surface area (Å²) in [6.45, 7) is 3.96. The van der Waals surface area contributed by atoms with E-state index in [-0.39, 0.29) is 0 Å². The van der Waals surface area contributed by atoms with Crippen LogP contribution in [0, 0.1) is 0 Å². The quantitative estimate of drug-likeness (QED) is 0.150. The summed E-state index contributed by atoms with van der Waals surface area (Å²) in [6.07, 6.45) is 7.27. The first-order valence-corrected chi connectivity index (χ1v) is 11.8. The molecule has 0 saturated carbocycles. The maximum Gasteiger partial charge on any atom is 0.145 e. The van der Waals surface area contributed by atoms with Gasteiger partial charge in [0.2, 0.25) is 0 Å². The first kappa shape index (κ1) is 22.1. The number of halogens is 1. The van der Waals surface area contributed by atoms with Gasteiger partial charge in [-0.1, -0.05) is 35.9 Å². The summed E-state index contributed by atoms with van der Waals surface area (Å²) in [7, 11) is 0. The van der Waals surface area contributed by atoms with Crippen LogP contribution < -0.4 is 4.31 Å². The average molecular weight is 485 g/mol. The fourth-order valence-electron chi connectivity index (χ4n) is 3.66. The minimum absolute atomic E-state index is 0.393. The Morgan fingerprint density at radius 1 is 1.06 bits per heavy atom. The van der Waals surface area contributed by atoms with Crippen molar-refractivity contribution in [3.63, 3.8) is 0 Å². The maximum absolute atomic E-state index is 6.13. The molecule has 0 bridgehead atoms. The third-order valence-electron chi connectivity index (χ3n) is 5.31. The number of fused-ring (bicyclic) bond motifs is 1. The highest BCUT2D eigenvalue weighted by Crippen LogP contribution is 2.47. The Bertz CT molecular complexity index is 1350. The standard InChI is InChI=1S/C28H21ClN2O2S/c1-30-17-27(21-8-10-24(29)11-9-21)33-18-20-7-12-26-23(15-20)16-28(22-13-14-32-19-22)34-31(26)25-5-3-2-4-6-25/h2-17,19H,1,18H2/b27-17-. The Labute approximate surface area is 208 Å². The van der Waals surface area contributed by atoms with Gasteiger partial charge < -0.3 is 9.15 Å². The van der Waals surface area contributed by atoms with Crippen LogP contribution in [-0.4, -0.2) is 6.72 Å². The van der Waals surface area contributed by atoms with Crippen LogP contribution in [0.15, 0.2) is 107 Å². The van der Waals surface area contributed by atoms with E-state index in [1.807, 2.05) is 48.5 Å². The topological polar surface area (TPSA) is 38.0 Å². The molecule has 5 rings (SSSR count). The van der Waals surface area contributed by atoms with Gasteiger partial charge in [-0.15, -0.1) is 0 Å². The number of benzene rings is 3. The smallest absolute Gasteiger partial charge is 0.145 e. The molecule has 1 aliphatic rings. The number of anilines is 2. The zero-order valence-electron chi connectivity index (χ0n) is 18.2. The molecule has 0 atom stereocenters. The lowest BCUT2D eigenvalue weighted by molar-refractivity contribution is 0.264. The number of para-hydroxylation sites is 1. The average Bonchev–Trinajstić information content (AvgIpc) is 3.42. The second-order valence-electron chi connectivity index (χ2n) is 7.61. The van der Waals surface area contributed by atoms with Gasteiger partial charge in [0.05, 0.1) is 30.1 Å². The summed E-state index contributed by atoms with van der Waals surface area (Å²) in [6, 6.07) is 26.2. The summed E-state index contributed by atoms with van der Waals surface area (Å²) in [4.78, 5) is 5.01. The van der Waals surface area contributed by atoms with Crippen molar-refractivity contribution in [2.75, 3.05) is 4.31 Å². The normalized spacial score (nSPS) is 13.3. The zero-order valence-corrected chi connectivity index (χ0v) is 19.8. The van der Waals surface area contributed by atoms with E-state index in [4.69, 9.17) is 20.8 Å². The Hall–Kier alpha value is -3.67. The molecule has 0 unspecified atom stereocenters. The Kier molecular flexibility index (Phi) is 6.56. The van der Waals surface area contributed by atoms with Gasteiger partial charge in [-0.3, -0.25) is 9.30 Å². The molecule has 1 aliphatic heterocycles. The molecular formula is C28H21ClN2O2S. The van der Waals surface area contributed by atoms with E-state index >= 15 is 0 Å². The van der Waals surface area contributed by atoms with Crippen LogP contribution in [0.5, 0.6) is 0 Å². The molecule has 4 aromatic rings. The second kappa shape index (κ2) is 10.1. The predicted octanol–water partition coefficient (Wildman–Crippen LogP) is 8.45. The number of furan rings is 1. The van der Waals surface area contributed by atoms with Crippen molar-refractivity contribution in [3.05, 3.63) is 125 Å². The highest BCUT2D eigenvalue weighted by Gasteiger charge is 2.22. The van der Waals surface area contributed by atoms with E-state index in [0.717, 1.165) is 38.5 Å². The van der Waals surface area contributed by atoms with E-state index in [1.54, 1.807) is 30.7 Å². The largest absolute Gasteiger partial charge is 0.487 e. The van der Waals surface area contributed by atoms with Gasteiger partial charge in [0, 0.05) is 26.6 Å². The van der Waals surface area contributed by atoms with Crippen LogP contribution >= 0.6 is 23.5 Å². The number of nitrogens with zero attached hydrogens (tertiary/aromatic N) is 2. The zero-order chi connectivity index (χ0) is 23.3. The van der Waals surface area contributed by atoms with Gasteiger partial charge in [-0.2, -0.15) is 0 Å². The van der Waals surface area contributed by atoms with E-state index in [0.29, 0.717) is 17.4 Å². The summed E-state index contributed by atoms with van der Waals surface area (Å²) in [5.74, 6) is 0.639. The minimum atomic E-state index is 0.393. The highest BCUT2D eigenvalue weighted by atomic mass is 35.5. The Balaban J connectivity index is 1.45.